The molecule has 0 bridgehead atoms. The van der Waals surface area contributed by atoms with Crippen LogP contribution >= 0.6 is 0 Å². The maximum atomic E-state index is 12.7. The molecule has 5 rings (SSSR count). The third-order valence-electron chi connectivity index (χ3n) is 6.27. The molecule has 1 fully saturated rings. The van der Waals surface area contributed by atoms with Crippen molar-refractivity contribution in [2.24, 2.45) is 0 Å². The van der Waals surface area contributed by atoms with Gasteiger partial charge >= 0.3 is 6.09 Å². The number of nitrogens with one attached hydrogen (secondary N) is 1. The van der Waals surface area contributed by atoms with Gasteiger partial charge in [-0.3, -0.25) is 4.57 Å². The number of rotatable bonds is 3. The van der Waals surface area contributed by atoms with Crippen molar-refractivity contribution in [1.82, 2.24) is 19.4 Å². The normalized spacial score (nSPS) is 16.5. The standard InChI is InChI=1S/C24H27N5O2/c1-17(2)20-21-24(27-19-9-6-12-25-22(19)29(21)16-26-20)10-13-28(14-11-24)23(30)31-15-18-7-4-3-5-8-18/h3-9,12,16-17,27H,10-11,13-15H2,1-2H3. The van der Waals surface area contributed by atoms with Crippen LogP contribution in [0.2, 0.25) is 0 Å². The summed E-state index contributed by atoms with van der Waals surface area (Å²) in [6, 6.07) is 13.8. The molecule has 7 nitrogen and oxygen atoms in total. The third kappa shape index (κ3) is 3.44. The van der Waals surface area contributed by atoms with E-state index in [0.29, 0.717) is 25.6 Å². The lowest BCUT2D eigenvalue weighted by molar-refractivity contribution is 0.0792. The summed E-state index contributed by atoms with van der Waals surface area (Å²) >= 11 is 0. The molecule has 1 saturated heterocycles. The van der Waals surface area contributed by atoms with Crippen LogP contribution in [-0.2, 0) is 16.9 Å². The van der Waals surface area contributed by atoms with Gasteiger partial charge in [0, 0.05) is 19.3 Å². The number of ether oxygens (including phenoxy) is 1. The molecule has 1 spiro atoms. The number of fused-ring (bicyclic) bond motifs is 4. The zero-order valence-electron chi connectivity index (χ0n) is 17.9. The molecular weight excluding hydrogens is 390 g/mol. The van der Waals surface area contributed by atoms with Crippen molar-refractivity contribution in [3.63, 3.8) is 0 Å². The molecule has 0 unspecified atom stereocenters. The second-order valence-electron chi connectivity index (χ2n) is 8.61. The fourth-order valence-corrected chi connectivity index (χ4v) is 4.67. The number of aromatic nitrogens is 3. The molecule has 0 radical (unpaired) electrons. The van der Waals surface area contributed by atoms with Gasteiger partial charge in [-0.1, -0.05) is 44.2 Å². The van der Waals surface area contributed by atoms with Crippen LogP contribution < -0.4 is 5.32 Å². The van der Waals surface area contributed by atoms with Gasteiger partial charge in [-0.2, -0.15) is 0 Å². The van der Waals surface area contributed by atoms with E-state index in [1.165, 1.54) is 5.69 Å². The molecule has 3 aromatic rings. The van der Waals surface area contributed by atoms with E-state index in [9.17, 15) is 4.79 Å². The SMILES string of the molecule is CC(C)c1ncn2c1C1(CCN(C(=O)OCc3ccccc3)CC1)Nc1cccnc1-2. The molecule has 1 aromatic carbocycles. The number of hydrogen-bond donors (Lipinski definition) is 1. The van der Waals surface area contributed by atoms with Gasteiger partial charge in [0.25, 0.3) is 0 Å². The average Bonchev–Trinajstić information content (AvgIpc) is 3.26. The maximum Gasteiger partial charge on any atom is 0.410 e. The highest BCUT2D eigenvalue weighted by molar-refractivity contribution is 5.68. The van der Waals surface area contributed by atoms with Crippen LogP contribution in [0, 0.1) is 0 Å². The predicted octanol–water partition coefficient (Wildman–Crippen LogP) is 4.44. The van der Waals surface area contributed by atoms with Gasteiger partial charge in [0.15, 0.2) is 5.82 Å². The number of carbonyl (C=O) groups excluding carboxylic acids is 1. The molecule has 2 aromatic heterocycles. The van der Waals surface area contributed by atoms with Crippen molar-refractivity contribution < 1.29 is 9.53 Å². The molecule has 160 valence electrons. The Hall–Kier alpha value is -3.35. The molecule has 0 atom stereocenters. The highest BCUT2D eigenvalue weighted by Gasteiger charge is 2.45. The van der Waals surface area contributed by atoms with Crippen LogP contribution in [0.25, 0.3) is 5.82 Å². The third-order valence-corrected chi connectivity index (χ3v) is 6.27. The highest BCUT2D eigenvalue weighted by Crippen LogP contribution is 2.45. The summed E-state index contributed by atoms with van der Waals surface area (Å²) in [7, 11) is 0. The van der Waals surface area contributed by atoms with Gasteiger partial charge in [0.2, 0.25) is 0 Å². The van der Waals surface area contributed by atoms with Gasteiger partial charge in [-0.25, -0.2) is 14.8 Å². The monoisotopic (exact) mass is 417 g/mol. The van der Waals surface area contributed by atoms with E-state index in [-0.39, 0.29) is 11.6 Å². The quantitative estimate of drug-likeness (QED) is 0.682. The summed E-state index contributed by atoms with van der Waals surface area (Å²) in [6.07, 6.45) is 5.01. The molecule has 2 aliphatic rings. The minimum atomic E-state index is -0.275. The average molecular weight is 418 g/mol. The Kier molecular flexibility index (Phi) is 4.88. The number of amides is 1. The van der Waals surface area contributed by atoms with Crippen LogP contribution in [-0.4, -0.2) is 38.6 Å². The zero-order chi connectivity index (χ0) is 21.4. The summed E-state index contributed by atoms with van der Waals surface area (Å²) in [5.41, 5.74) is 3.98. The van der Waals surface area contributed by atoms with Crippen LogP contribution in [0.4, 0.5) is 10.5 Å². The number of benzene rings is 1. The maximum absolute atomic E-state index is 12.7. The van der Waals surface area contributed by atoms with Gasteiger partial charge < -0.3 is 15.0 Å². The Morgan fingerprint density at radius 1 is 1.13 bits per heavy atom. The van der Waals surface area contributed by atoms with Gasteiger partial charge in [0.1, 0.15) is 12.9 Å². The Morgan fingerprint density at radius 3 is 2.65 bits per heavy atom. The topological polar surface area (TPSA) is 72.3 Å². The fourth-order valence-electron chi connectivity index (χ4n) is 4.67. The number of carbonyl (C=O) groups is 1. The first-order chi connectivity index (χ1) is 15.1. The Labute approximate surface area is 182 Å². The number of imidazole rings is 1. The molecule has 4 heterocycles. The number of hydrogen-bond acceptors (Lipinski definition) is 5. The van der Waals surface area contributed by atoms with E-state index >= 15 is 0 Å². The highest BCUT2D eigenvalue weighted by atomic mass is 16.6. The lowest BCUT2D eigenvalue weighted by Gasteiger charge is -2.46. The number of nitrogens with zero attached hydrogens (tertiary/aromatic N) is 4. The van der Waals surface area contributed by atoms with Crippen molar-refractivity contribution in [3.8, 4) is 5.82 Å². The number of pyridine rings is 1. The molecule has 7 heteroatoms. The van der Waals surface area contributed by atoms with Crippen molar-refractivity contribution >= 4 is 11.8 Å². The lowest BCUT2D eigenvalue weighted by Crippen LogP contribution is -2.51. The number of piperidine rings is 1. The Morgan fingerprint density at radius 2 is 1.90 bits per heavy atom. The number of likely N-dealkylation sites (tertiary alicyclic amines) is 1. The van der Waals surface area contributed by atoms with Gasteiger partial charge in [0.05, 0.1) is 22.6 Å². The minimum Gasteiger partial charge on any atom is -0.445 e. The van der Waals surface area contributed by atoms with E-state index < -0.39 is 0 Å². The second kappa shape index (κ2) is 7.72. The number of anilines is 1. The summed E-state index contributed by atoms with van der Waals surface area (Å²) in [4.78, 5) is 23.8. The molecule has 0 saturated carbocycles. The lowest BCUT2D eigenvalue weighted by atomic mass is 9.80. The van der Waals surface area contributed by atoms with E-state index in [1.54, 1.807) is 0 Å². The van der Waals surface area contributed by atoms with Crippen LogP contribution in [0.5, 0.6) is 0 Å². The van der Waals surface area contributed by atoms with E-state index in [4.69, 9.17) is 9.72 Å². The van der Waals surface area contributed by atoms with Crippen LogP contribution in [0.15, 0.2) is 55.0 Å². The molecule has 1 amide bonds. The van der Waals surface area contributed by atoms with Crippen LogP contribution in [0.1, 0.15) is 49.6 Å². The van der Waals surface area contributed by atoms with Crippen LogP contribution in [0.3, 0.4) is 0 Å². The molecule has 0 aliphatic carbocycles. The van der Waals surface area contributed by atoms with Gasteiger partial charge in [-0.05, 0) is 36.5 Å². The summed E-state index contributed by atoms with van der Waals surface area (Å²) in [5, 5.41) is 3.77. The van der Waals surface area contributed by atoms with E-state index in [0.717, 1.165) is 35.6 Å². The first kappa shape index (κ1) is 19.6. The minimum absolute atomic E-state index is 0.255. The predicted molar refractivity (Wildman–Crippen MR) is 118 cm³/mol. The zero-order valence-corrected chi connectivity index (χ0v) is 17.9. The van der Waals surface area contributed by atoms with Crippen molar-refractivity contribution in [1.29, 1.82) is 0 Å². The summed E-state index contributed by atoms with van der Waals surface area (Å²) in [6.45, 7) is 5.88. The van der Waals surface area contributed by atoms with Crippen molar-refractivity contribution in [2.75, 3.05) is 18.4 Å². The second-order valence-corrected chi connectivity index (χ2v) is 8.61. The van der Waals surface area contributed by atoms with Crippen molar-refractivity contribution in [3.05, 3.63) is 71.9 Å². The smallest absolute Gasteiger partial charge is 0.410 e. The first-order valence-corrected chi connectivity index (χ1v) is 10.8. The largest absolute Gasteiger partial charge is 0.445 e. The Balaban J connectivity index is 1.36. The van der Waals surface area contributed by atoms with Gasteiger partial charge in [-0.15, -0.1) is 0 Å². The molecule has 2 aliphatic heterocycles. The van der Waals surface area contributed by atoms with E-state index in [2.05, 4.69) is 34.8 Å². The molecule has 1 N–H and O–H groups in total. The molecule has 31 heavy (non-hydrogen) atoms. The van der Waals surface area contributed by atoms with Crippen molar-refractivity contribution in [2.45, 2.75) is 44.8 Å². The van der Waals surface area contributed by atoms with E-state index in [1.807, 2.05) is 53.8 Å². The summed E-state index contributed by atoms with van der Waals surface area (Å²) < 4.78 is 7.68. The first-order valence-electron chi connectivity index (χ1n) is 10.8. The summed E-state index contributed by atoms with van der Waals surface area (Å²) in [5.74, 6) is 1.18. The fraction of sp³-hybridized carbons (Fsp3) is 0.375. The Bertz CT molecular complexity index is 1080. The molecular formula is C24H27N5O2.